The summed E-state index contributed by atoms with van der Waals surface area (Å²) in [6.45, 7) is 7.40. The highest BCUT2D eigenvalue weighted by Crippen LogP contribution is 2.19. The summed E-state index contributed by atoms with van der Waals surface area (Å²) in [6, 6.07) is 1.47. The number of pyridine rings is 1. The number of rotatable bonds is 1. The summed E-state index contributed by atoms with van der Waals surface area (Å²) in [7, 11) is 0. The number of anilines is 1. The van der Waals surface area contributed by atoms with E-state index in [1.807, 2.05) is 20.8 Å². The van der Waals surface area contributed by atoms with Crippen molar-refractivity contribution < 1.29 is 14.3 Å². The van der Waals surface area contributed by atoms with E-state index in [2.05, 4.69) is 4.98 Å². The molecule has 0 spiro atoms. The van der Waals surface area contributed by atoms with Crippen LogP contribution in [0.3, 0.4) is 0 Å². The number of aromatic nitrogens is 1. The van der Waals surface area contributed by atoms with Crippen molar-refractivity contribution in [2.45, 2.75) is 32.8 Å². The Morgan fingerprint density at radius 1 is 1.21 bits per heavy atom. The van der Waals surface area contributed by atoms with Crippen molar-refractivity contribution in [1.82, 2.24) is 14.8 Å². The number of nitrogens with zero attached hydrogens (tertiary/aromatic N) is 3. The van der Waals surface area contributed by atoms with Gasteiger partial charge in [-0.05, 0) is 33.3 Å². The third kappa shape index (κ3) is 4.74. The Morgan fingerprint density at radius 3 is 2.50 bits per heavy atom. The molecule has 0 aromatic carbocycles. The standard InChI is InChI=1S/C16H23ClN4O3/c1-16(2,3)24-15(23)21-6-4-5-20(7-8-21)14(22)11-9-13(17)19-10-12(11)18/h9-10H,4-8,18H2,1-3H3. The van der Waals surface area contributed by atoms with Crippen LogP contribution in [0.4, 0.5) is 10.5 Å². The number of nitrogens with two attached hydrogens (primary N) is 1. The molecule has 0 bridgehead atoms. The summed E-state index contributed by atoms with van der Waals surface area (Å²) in [6.07, 6.45) is 1.69. The molecule has 1 saturated heterocycles. The highest BCUT2D eigenvalue weighted by Gasteiger charge is 2.27. The third-order valence-corrected chi connectivity index (χ3v) is 3.77. The maximum Gasteiger partial charge on any atom is 0.410 e. The molecule has 2 rings (SSSR count). The van der Waals surface area contributed by atoms with Crippen molar-refractivity contribution in [3.63, 3.8) is 0 Å². The van der Waals surface area contributed by atoms with Gasteiger partial charge in [-0.1, -0.05) is 11.6 Å². The van der Waals surface area contributed by atoms with Crippen molar-refractivity contribution in [1.29, 1.82) is 0 Å². The van der Waals surface area contributed by atoms with Crippen molar-refractivity contribution in [3.05, 3.63) is 23.0 Å². The van der Waals surface area contributed by atoms with Crippen LogP contribution < -0.4 is 5.73 Å². The molecule has 0 unspecified atom stereocenters. The zero-order chi connectivity index (χ0) is 17.9. The van der Waals surface area contributed by atoms with Crippen LogP contribution in [0, 0.1) is 0 Å². The molecule has 7 nitrogen and oxygen atoms in total. The smallest absolute Gasteiger partial charge is 0.410 e. The van der Waals surface area contributed by atoms with Gasteiger partial charge in [-0.2, -0.15) is 0 Å². The van der Waals surface area contributed by atoms with E-state index in [0.717, 1.165) is 0 Å². The van der Waals surface area contributed by atoms with Gasteiger partial charge in [0.1, 0.15) is 10.8 Å². The second-order valence-electron chi connectivity index (χ2n) is 6.71. The normalized spacial score (nSPS) is 15.8. The van der Waals surface area contributed by atoms with E-state index in [4.69, 9.17) is 22.1 Å². The molecule has 1 aliphatic heterocycles. The minimum Gasteiger partial charge on any atom is -0.444 e. The second kappa shape index (κ2) is 7.25. The highest BCUT2D eigenvalue weighted by molar-refractivity contribution is 6.29. The van der Waals surface area contributed by atoms with Gasteiger partial charge in [0.25, 0.3) is 5.91 Å². The first-order chi connectivity index (χ1) is 11.2. The topological polar surface area (TPSA) is 88.8 Å². The summed E-state index contributed by atoms with van der Waals surface area (Å²) >= 11 is 5.85. The molecule has 1 aliphatic rings. The maximum absolute atomic E-state index is 12.7. The Kier molecular flexibility index (Phi) is 5.54. The van der Waals surface area contributed by atoms with Crippen molar-refractivity contribution in [2.75, 3.05) is 31.9 Å². The van der Waals surface area contributed by atoms with Gasteiger partial charge >= 0.3 is 6.09 Å². The van der Waals surface area contributed by atoms with Crippen molar-refractivity contribution >= 4 is 29.3 Å². The summed E-state index contributed by atoms with van der Waals surface area (Å²) in [5.74, 6) is -0.206. The van der Waals surface area contributed by atoms with E-state index < -0.39 is 5.60 Å². The number of halogens is 1. The first kappa shape index (κ1) is 18.3. The Hall–Kier alpha value is -2.02. The van der Waals surface area contributed by atoms with E-state index in [1.54, 1.807) is 9.80 Å². The van der Waals surface area contributed by atoms with Gasteiger partial charge in [0.15, 0.2) is 0 Å². The van der Waals surface area contributed by atoms with Crippen LogP contribution in [0.1, 0.15) is 37.6 Å². The number of nitrogen functional groups attached to an aromatic ring is 1. The molecular weight excluding hydrogens is 332 g/mol. The van der Waals surface area contributed by atoms with Gasteiger partial charge in [-0.3, -0.25) is 4.79 Å². The lowest BCUT2D eigenvalue weighted by atomic mass is 10.2. The highest BCUT2D eigenvalue weighted by atomic mass is 35.5. The first-order valence-corrected chi connectivity index (χ1v) is 8.23. The van der Waals surface area contributed by atoms with Gasteiger partial charge in [-0.15, -0.1) is 0 Å². The number of amides is 2. The van der Waals surface area contributed by atoms with Crippen LogP contribution in [-0.4, -0.2) is 58.6 Å². The minimum atomic E-state index is -0.541. The molecule has 2 amide bonds. The molecule has 0 atom stereocenters. The average Bonchev–Trinajstić information content (AvgIpc) is 2.73. The van der Waals surface area contributed by atoms with Gasteiger partial charge in [0, 0.05) is 26.2 Å². The molecule has 1 fully saturated rings. The van der Waals surface area contributed by atoms with Gasteiger partial charge in [0.2, 0.25) is 0 Å². The Bertz CT molecular complexity index is 630. The molecule has 0 aliphatic carbocycles. The average molecular weight is 355 g/mol. The lowest BCUT2D eigenvalue weighted by Gasteiger charge is -2.26. The molecule has 1 aromatic rings. The van der Waals surface area contributed by atoms with Crippen LogP contribution in [0.25, 0.3) is 0 Å². The lowest BCUT2D eigenvalue weighted by molar-refractivity contribution is 0.0255. The minimum absolute atomic E-state index is 0.206. The summed E-state index contributed by atoms with van der Waals surface area (Å²) in [5, 5.41) is 0.220. The van der Waals surface area contributed by atoms with Crippen LogP contribution in [-0.2, 0) is 4.74 Å². The molecule has 0 saturated carbocycles. The fraction of sp³-hybridized carbons (Fsp3) is 0.562. The number of ether oxygens (including phenoxy) is 1. The number of hydrogen-bond donors (Lipinski definition) is 1. The quantitative estimate of drug-likeness (QED) is 0.782. The SMILES string of the molecule is CC(C)(C)OC(=O)N1CCCN(C(=O)c2cc(Cl)ncc2N)CC1. The molecule has 2 N–H and O–H groups in total. The molecular formula is C16H23ClN4O3. The Balaban J connectivity index is 2.04. The second-order valence-corrected chi connectivity index (χ2v) is 7.09. The van der Waals surface area contributed by atoms with Gasteiger partial charge in [0.05, 0.1) is 17.4 Å². The molecule has 2 heterocycles. The Morgan fingerprint density at radius 2 is 1.83 bits per heavy atom. The first-order valence-electron chi connectivity index (χ1n) is 7.85. The van der Waals surface area contributed by atoms with E-state index >= 15 is 0 Å². The summed E-state index contributed by atoms with van der Waals surface area (Å²) in [4.78, 5) is 32.0. The fourth-order valence-electron chi connectivity index (χ4n) is 2.43. The van der Waals surface area contributed by atoms with Crippen molar-refractivity contribution in [3.8, 4) is 0 Å². The monoisotopic (exact) mass is 354 g/mol. The summed E-state index contributed by atoms with van der Waals surface area (Å²) < 4.78 is 5.39. The third-order valence-electron chi connectivity index (χ3n) is 3.57. The number of carbonyl (C=O) groups is 2. The van der Waals surface area contributed by atoms with Crippen molar-refractivity contribution in [2.24, 2.45) is 0 Å². The molecule has 132 valence electrons. The maximum atomic E-state index is 12.7. The lowest BCUT2D eigenvalue weighted by Crippen LogP contribution is -2.40. The fourth-order valence-corrected chi connectivity index (χ4v) is 2.58. The van der Waals surface area contributed by atoms with Gasteiger partial charge < -0.3 is 20.3 Å². The van der Waals surface area contributed by atoms with E-state index in [-0.39, 0.29) is 22.8 Å². The molecule has 24 heavy (non-hydrogen) atoms. The van der Waals surface area contributed by atoms with E-state index in [9.17, 15) is 9.59 Å². The van der Waals surface area contributed by atoms with Crippen LogP contribution >= 0.6 is 11.6 Å². The molecule has 0 radical (unpaired) electrons. The molecule has 1 aromatic heterocycles. The van der Waals surface area contributed by atoms with E-state index in [1.165, 1.54) is 12.3 Å². The summed E-state index contributed by atoms with van der Waals surface area (Å²) in [5.41, 5.74) is 5.91. The Labute approximate surface area is 146 Å². The number of carbonyl (C=O) groups excluding carboxylic acids is 2. The van der Waals surface area contributed by atoms with Crippen LogP contribution in [0.5, 0.6) is 0 Å². The predicted molar refractivity (Wildman–Crippen MR) is 92.0 cm³/mol. The van der Waals surface area contributed by atoms with Crippen LogP contribution in [0.15, 0.2) is 12.3 Å². The number of hydrogen-bond acceptors (Lipinski definition) is 5. The zero-order valence-electron chi connectivity index (χ0n) is 14.2. The molecule has 8 heteroatoms. The zero-order valence-corrected chi connectivity index (χ0v) is 15.0. The predicted octanol–water partition coefficient (Wildman–Crippen LogP) is 2.40. The van der Waals surface area contributed by atoms with E-state index in [0.29, 0.717) is 38.2 Å². The largest absolute Gasteiger partial charge is 0.444 e. The van der Waals surface area contributed by atoms with Crippen LogP contribution in [0.2, 0.25) is 5.15 Å². The van der Waals surface area contributed by atoms with Gasteiger partial charge in [-0.25, -0.2) is 9.78 Å².